The summed E-state index contributed by atoms with van der Waals surface area (Å²) in [5.41, 5.74) is 3.38. The van der Waals surface area contributed by atoms with E-state index in [4.69, 9.17) is 9.47 Å². The van der Waals surface area contributed by atoms with Gasteiger partial charge in [0.25, 0.3) is 0 Å². The van der Waals surface area contributed by atoms with Crippen LogP contribution in [0.1, 0.15) is 63.1 Å². The summed E-state index contributed by atoms with van der Waals surface area (Å²) in [6.07, 6.45) is 0.0883. The van der Waals surface area contributed by atoms with Crippen LogP contribution in [0.5, 0.6) is 0 Å². The quantitative estimate of drug-likeness (QED) is 0.438. The van der Waals surface area contributed by atoms with Gasteiger partial charge in [-0.3, -0.25) is 10.1 Å². The molecule has 3 N–H and O–H groups in total. The molecule has 3 rings (SSSR count). The highest BCUT2D eigenvalue weighted by atomic mass is 16.6. The molecular formula is C28H38BN3O7. The average Bonchev–Trinajstić information content (AvgIpc) is 3.27. The normalized spacial score (nSPS) is 14.2. The number of nitrogens with zero attached hydrogens (tertiary/aromatic N) is 2. The van der Waals surface area contributed by atoms with E-state index in [1.54, 1.807) is 69.1 Å². The van der Waals surface area contributed by atoms with Crippen molar-refractivity contribution in [2.45, 2.75) is 65.5 Å². The maximum atomic E-state index is 12.6. The first-order valence-corrected chi connectivity index (χ1v) is 13.0. The van der Waals surface area contributed by atoms with Crippen molar-refractivity contribution in [1.82, 2.24) is 4.90 Å². The third kappa shape index (κ3) is 8.21. The number of nitrogens with one attached hydrogen (secondary N) is 1. The fraction of sp³-hybridized carbons (Fsp3) is 0.464. The molecule has 10 nitrogen and oxygen atoms in total. The molecule has 1 aliphatic heterocycles. The van der Waals surface area contributed by atoms with E-state index in [1.165, 1.54) is 4.90 Å². The summed E-state index contributed by atoms with van der Waals surface area (Å²) in [6.45, 7) is 10.0. The molecule has 0 aromatic heterocycles. The van der Waals surface area contributed by atoms with Crippen molar-refractivity contribution >= 4 is 42.0 Å². The minimum atomic E-state index is -1.54. The zero-order valence-electron chi connectivity index (χ0n) is 23.5. The van der Waals surface area contributed by atoms with Crippen LogP contribution in [0.4, 0.5) is 21.0 Å². The zero-order valence-corrected chi connectivity index (χ0v) is 23.5. The second-order valence-corrected chi connectivity index (χ2v) is 10.9. The molecule has 0 bridgehead atoms. The average molecular weight is 539 g/mol. The van der Waals surface area contributed by atoms with Crippen molar-refractivity contribution in [3.8, 4) is 0 Å². The lowest BCUT2D eigenvalue weighted by Gasteiger charge is -2.27. The molecule has 0 aliphatic carbocycles. The van der Waals surface area contributed by atoms with E-state index in [2.05, 4.69) is 5.32 Å². The standard InChI is InChI=1S/C28H38BN3O7/c1-18-14-21(29(36)37)9-11-23(18)19(2)17-38-26(34)30-22-10-12-24(32-13-7-8-25(32)33)20(15-22)16-31(6)27(35)39-28(3,4)5/h9-12,14-15,19,36-37H,7-8,13,16-17H2,1-6H3,(H,30,34). The SMILES string of the molecule is Cc1cc(B(O)O)ccc1C(C)COC(=O)Nc1ccc(N2CCCC2=O)c(CN(C)C(=O)OC(C)(C)C)c1. The predicted octanol–water partition coefficient (Wildman–Crippen LogP) is 3.52. The van der Waals surface area contributed by atoms with Crippen LogP contribution in [0.2, 0.25) is 0 Å². The predicted molar refractivity (Wildman–Crippen MR) is 150 cm³/mol. The van der Waals surface area contributed by atoms with E-state index < -0.39 is 24.9 Å². The van der Waals surface area contributed by atoms with Gasteiger partial charge < -0.3 is 29.3 Å². The largest absolute Gasteiger partial charge is 0.488 e. The van der Waals surface area contributed by atoms with Gasteiger partial charge >= 0.3 is 19.3 Å². The molecule has 0 radical (unpaired) electrons. The van der Waals surface area contributed by atoms with Crippen LogP contribution in [-0.4, -0.2) is 66.0 Å². The van der Waals surface area contributed by atoms with Crippen molar-refractivity contribution in [1.29, 1.82) is 0 Å². The van der Waals surface area contributed by atoms with Crippen molar-refractivity contribution in [2.24, 2.45) is 0 Å². The van der Waals surface area contributed by atoms with Crippen molar-refractivity contribution < 1.29 is 33.9 Å². The lowest BCUT2D eigenvalue weighted by molar-refractivity contribution is -0.117. The molecule has 1 fully saturated rings. The Hall–Kier alpha value is -3.57. The van der Waals surface area contributed by atoms with Gasteiger partial charge in [-0.25, -0.2) is 9.59 Å². The van der Waals surface area contributed by atoms with Gasteiger partial charge in [0.1, 0.15) is 5.60 Å². The molecule has 2 aromatic rings. The van der Waals surface area contributed by atoms with E-state index in [9.17, 15) is 24.4 Å². The van der Waals surface area contributed by atoms with Crippen molar-refractivity contribution in [2.75, 3.05) is 30.4 Å². The van der Waals surface area contributed by atoms with Crippen molar-refractivity contribution in [3.05, 3.63) is 53.1 Å². The van der Waals surface area contributed by atoms with E-state index >= 15 is 0 Å². The van der Waals surface area contributed by atoms with Crippen LogP contribution in [0.15, 0.2) is 36.4 Å². The Balaban J connectivity index is 1.71. The molecule has 1 saturated heterocycles. The van der Waals surface area contributed by atoms with Crippen LogP contribution < -0.4 is 15.7 Å². The zero-order chi connectivity index (χ0) is 28.9. The third-order valence-electron chi connectivity index (χ3n) is 6.39. The van der Waals surface area contributed by atoms with Gasteiger partial charge in [-0.05, 0) is 74.5 Å². The number of rotatable bonds is 8. The molecule has 0 saturated carbocycles. The Morgan fingerprint density at radius 1 is 1.18 bits per heavy atom. The monoisotopic (exact) mass is 539 g/mol. The second kappa shape index (κ2) is 12.5. The van der Waals surface area contributed by atoms with E-state index in [0.717, 1.165) is 17.5 Å². The molecule has 3 amide bonds. The summed E-state index contributed by atoms with van der Waals surface area (Å²) in [5, 5.41) is 21.4. The molecule has 0 spiro atoms. The number of carbonyl (C=O) groups is 3. The first-order valence-electron chi connectivity index (χ1n) is 13.0. The lowest BCUT2D eigenvalue weighted by atomic mass is 9.78. The first kappa shape index (κ1) is 30.0. The molecule has 1 heterocycles. The van der Waals surface area contributed by atoms with Gasteiger partial charge in [-0.15, -0.1) is 0 Å². The van der Waals surface area contributed by atoms with E-state index in [0.29, 0.717) is 35.4 Å². The van der Waals surface area contributed by atoms with Gasteiger partial charge in [0.15, 0.2) is 0 Å². The maximum absolute atomic E-state index is 12.6. The number of ether oxygens (including phenoxy) is 2. The Labute approximate surface area is 230 Å². The Morgan fingerprint density at radius 2 is 1.90 bits per heavy atom. The van der Waals surface area contributed by atoms with E-state index in [-0.39, 0.29) is 25.0 Å². The number of hydrogen-bond donors (Lipinski definition) is 3. The molecule has 1 aliphatic rings. The van der Waals surface area contributed by atoms with Gasteiger partial charge in [-0.1, -0.05) is 25.1 Å². The van der Waals surface area contributed by atoms with Gasteiger partial charge in [0.2, 0.25) is 5.91 Å². The highest BCUT2D eigenvalue weighted by Gasteiger charge is 2.26. The highest BCUT2D eigenvalue weighted by Crippen LogP contribution is 2.30. The molecule has 2 aromatic carbocycles. The number of amides is 3. The van der Waals surface area contributed by atoms with E-state index in [1.807, 2.05) is 13.8 Å². The van der Waals surface area contributed by atoms with Crippen LogP contribution in [0.25, 0.3) is 0 Å². The molecule has 1 atom stereocenters. The number of benzene rings is 2. The van der Waals surface area contributed by atoms with Crippen LogP contribution in [-0.2, 0) is 20.8 Å². The smallest absolute Gasteiger partial charge is 0.449 e. The number of carbonyl (C=O) groups excluding carboxylic acids is 3. The highest BCUT2D eigenvalue weighted by molar-refractivity contribution is 6.58. The summed E-state index contributed by atoms with van der Waals surface area (Å²) in [7, 11) is 0.0775. The number of hydrogen-bond acceptors (Lipinski definition) is 7. The topological polar surface area (TPSA) is 129 Å². The molecule has 1 unspecified atom stereocenters. The summed E-state index contributed by atoms with van der Waals surface area (Å²) < 4.78 is 10.9. The molecule has 210 valence electrons. The molecule has 11 heteroatoms. The number of anilines is 2. The molecular weight excluding hydrogens is 501 g/mol. The second-order valence-electron chi connectivity index (χ2n) is 10.9. The minimum absolute atomic E-state index is 0.0158. The molecule has 39 heavy (non-hydrogen) atoms. The summed E-state index contributed by atoms with van der Waals surface area (Å²) in [4.78, 5) is 40.8. The van der Waals surface area contributed by atoms with Crippen LogP contribution in [0.3, 0.4) is 0 Å². The van der Waals surface area contributed by atoms with Crippen molar-refractivity contribution in [3.63, 3.8) is 0 Å². The Morgan fingerprint density at radius 3 is 2.49 bits per heavy atom. The fourth-order valence-electron chi connectivity index (χ4n) is 4.47. The minimum Gasteiger partial charge on any atom is -0.449 e. The fourth-order valence-corrected chi connectivity index (χ4v) is 4.47. The summed E-state index contributed by atoms with van der Waals surface area (Å²) in [6, 6.07) is 10.3. The summed E-state index contributed by atoms with van der Waals surface area (Å²) >= 11 is 0. The van der Waals surface area contributed by atoms with Crippen LogP contribution in [0, 0.1) is 6.92 Å². The van der Waals surface area contributed by atoms with Gasteiger partial charge in [0.05, 0.1) is 13.2 Å². The van der Waals surface area contributed by atoms with Gasteiger partial charge in [0, 0.05) is 37.3 Å². The first-order chi connectivity index (χ1) is 18.2. The summed E-state index contributed by atoms with van der Waals surface area (Å²) in [5.74, 6) is -0.107. The third-order valence-corrected chi connectivity index (χ3v) is 6.39. The van der Waals surface area contributed by atoms with Crippen LogP contribution >= 0.6 is 0 Å². The Bertz CT molecular complexity index is 1210. The lowest BCUT2D eigenvalue weighted by Crippen LogP contribution is -2.34. The maximum Gasteiger partial charge on any atom is 0.488 e. The Kier molecular flexibility index (Phi) is 9.63. The number of aryl methyl sites for hydroxylation is 1. The van der Waals surface area contributed by atoms with Gasteiger partial charge in [-0.2, -0.15) is 0 Å².